The summed E-state index contributed by atoms with van der Waals surface area (Å²) in [4.78, 5) is 14.6. The summed E-state index contributed by atoms with van der Waals surface area (Å²) in [5.41, 5.74) is 12.6. The number of carbonyl (C=O) groups excluding carboxylic acids is 1. The van der Waals surface area contributed by atoms with Gasteiger partial charge in [0.05, 0.1) is 5.41 Å². The van der Waals surface area contributed by atoms with Crippen molar-refractivity contribution in [3.63, 3.8) is 0 Å². The van der Waals surface area contributed by atoms with Crippen molar-refractivity contribution in [2.24, 2.45) is 11.7 Å². The smallest absolute Gasteiger partial charge is 0.233 e. The van der Waals surface area contributed by atoms with Gasteiger partial charge in [-0.25, -0.2) is 0 Å². The highest BCUT2D eigenvalue weighted by molar-refractivity contribution is 5.92. The summed E-state index contributed by atoms with van der Waals surface area (Å²) in [6.07, 6.45) is 4.79. The second-order valence-electron chi connectivity index (χ2n) is 10.4. The lowest BCUT2D eigenvalue weighted by atomic mass is 9.90. The lowest BCUT2D eigenvalue weighted by molar-refractivity contribution is -0.134. The Balaban J connectivity index is 0.000000145. The normalized spacial score (nSPS) is 24.3. The van der Waals surface area contributed by atoms with Gasteiger partial charge in [-0.3, -0.25) is 4.79 Å². The van der Waals surface area contributed by atoms with E-state index in [-0.39, 0.29) is 11.3 Å². The Bertz CT molecular complexity index is 1190. The van der Waals surface area contributed by atoms with Gasteiger partial charge in [-0.2, -0.15) is 0 Å². The van der Waals surface area contributed by atoms with Gasteiger partial charge >= 0.3 is 0 Å². The van der Waals surface area contributed by atoms with E-state index in [1.807, 2.05) is 36.9 Å². The van der Waals surface area contributed by atoms with E-state index >= 15 is 0 Å². The molecule has 1 aromatic heterocycles. The van der Waals surface area contributed by atoms with Crippen LogP contribution in [-0.4, -0.2) is 41.6 Å². The molecule has 2 aromatic carbocycles. The molecule has 1 saturated carbocycles. The van der Waals surface area contributed by atoms with Crippen molar-refractivity contribution in [2.75, 3.05) is 26.2 Å². The number of hydrogen-bond acceptors (Lipinski definition) is 3. The predicted octanol–water partition coefficient (Wildman–Crippen LogP) is 4.70. The molecule has 3 N–H and O–H groups in total. The fourth-order valence-corrected chi connectivity index (χ4v) is 6.51. The highest BCUT2D eigenvalue weighted by Crippen LogP contribution is 2.54. The zero-order valence-electron chi connectivity index (χ0n) is 21.5. The van der Waals surface area contributed by atoms with E-state index in [1.165, 1.54) is 35.7 Å². The van der Waals surface area contributed by atoms with Crippen molar-refractivity contribution < 1.29 is 4.79 Å². The molecular weight excluding hydrogens is 432 g/mol. The first-order valence-electron chi connectivity index (χ1n) is 13.4. The second kappa shape index (κ2) is 9.79. The quantitative estimate of drug-likeness (QED) is 0.566. The van der Waals surface area contributed by atoms with Gasteiger partial charge in [0.15, 0.2) is 0 Å². The number of likely N-dealkylation sites (N-methyl/N-ethyl adjacent to an activating group) is 1. The van der Waals surface area contributed by atoms with Crippen molar-refractivity contribution in [1.82, 2.24) is 14.8 Å². The Morgan fingerprint density at radius 1 is 1.17 bits per heavy atom. The zero-order valence-corrected chi connectivity index (χ0v) is 21.5. The van der Waals surface area contributed by atoms with Crippen molar-refractivity contribution in [2.45, 2.75) is 64.5 Å². The molecule has 5 nitrogen and oxygen atoms in total. The van der Waals surface area contributed by atoms with E-state index in [0.29, 0.717) is 18.5 Å². The minimum atomic E-state index is -0.345. The first-order chi connectivity index (χ1) is 17.0. The molecule has 0 bridgehead atoms. The van der Waals surface area contributed by atoms with Crippen molar-refractivity contribution in [3.05, 3.63) is 70.9 Å². The molecule has 3 atom stereocenters. The first-order valence-corrected chi connectivity index (χ1v) is 13.4. The van der Waals surface area contributed by atoms with Gasteiger partial charge < -0.3 is 20.5 Å². The average molecular weight is 473 g/mol. The molecule has 35 heavy (non-hydrogen) atoms. The largest absolute Gasteiger partial charge is 0.342 e. The average Bonchev–Trinajstić information content (AvgIpc) is 3.58. The number of benzene rings is 2. The summed E-state index contributed by atoms with van der Waals surface area (Å²) in [5, 5.41) is 5.18. The Labute approximate surface area is 209 Å². The maximum absolute atomic E-state index is 12.7. The third-order valence-electron chi connectivity index (χ3n) is 8.45. The third kappa shape index (κ3) is 4.09. The monoisotopic (exact) mass is 472 g/mol. The van der Waals surface area contributed by atoms with Gasteiger partial charge in [-0.15, -0.1) is 0 Å². The van der Waals surface area contributed by atoms with Gasteiger partial charge in [0.1, 0.15) is 0 Å². The lowest BCUT2D eigenvalue weighted by Crippen LogP contribution is -2.40. The maximum Gasteiger partial charge on any atom is 0.233 e. The molecule has 3 aliphatic rings. The van der Waals surface area contributed by atoms with Crippen LogP contribution in [-0.2, 0) is 23.2 Å². The van der Waals surface area contributed by atoms with Gasteiger partial charge in [-0.1, -0.05) is 42.0 Å². The van der Waals surface area contributed by atoms with E-state index in [0.717, 1.165) is 38.2 Å². The van der Waals surface area contributed by atoms with Crippen LogP contribution in [0.15, 0.2) is 48.5 Å². The van der Waals surface area contributed by atoms with E-state index < -0.39 is 0 Å². The lowest BCUT2D eigenvalue weighted by Gasteiger charge is -2.31. The number of aromatic nitrogens is 1. The van der Waals surface area contributed by atoms with Crippen molar-refractivity contribution >= 4 is 16.8 Å². The summed E-state index contributed by atoms with van der Waals surface area (Å²) in [7, 11) is 0. The van der Waals surface area contributed by atoms with Gasteiger partial charge in [0, 0.05) is 48.8 Å². The molecule has 1 aliphatic heterocycles. The number of nitrogens with zero attached hydrogens (tertiary/aromatic N) is 2. The van der Waals surface area contributed by atoms with Crippen LogP contribution in [0.4, 0.5) is 0 Å². The van der Waals surface area contributed by atoms with Crippen LogP contribution in [0.1, 0.15) is 61.5 Å². The number of carbonyl (C=O) groups is 1. The van der Waals surface area contributed by atoms with E-state index in [1.54, 1.807) is 11.3 Å². The van der Waals surface area contributed by atoms with Crippen molar-refractivity contribution in [1.29, 1.82) is 0 Å². The first kappa shape index (κ1) is 24.1. The van der Waals surface area contributed by atoms with Crippen LogP contribution in [0.3, 0.4) is 0 Å². The Kier molecular flexibility index (Phi) is 6.73. The number of hydrogen-bond donors (Lipinski definition) is 2. The van der Waals surface area contributed by atoms with E-state index in [9.17, 15) is 4.79 Å². The van der Waals surface area contributed by atoms with Gasteiger partial charge in [0.2, 0.25) is 5.91 Å². The molecule has 1 unspecified atom stereocenters. The van der Waals surface area contributed by atoms with Crippen LogP contribution in [0.5, 0.6) is 0 Å². The number of rotatable bonds is 5. The standard InChI is InChI=1S/C15H22N2O.C15H18N2/c1-3-17(4-2)14(18)15(10-13(15)11-16)12-8-6-5-7-9-12;1-10-5-6-14-12(9-10)11-3-2-4-13-15(11)17(14)8-7-16-13/h5-9,13H,3-4,10-11,16H2,1-2H3;5-6,9,13,16H,2-4,7-8H2,1H3/t13-,15+;/m1./s1. The summed E-state index contributed by atoms with van der Waals surface area (Å²) in [6, 6.07) is 17.6. The van der Waals surface area contributed by atoms with Gasteiger partial charge in [0.25, 0.3) is 0 Å². The number of fused-ring (bicyclic) bond motifs is 3. The Morgan fingerprint density at radius 2 is 1.94 bits per heavy atom. The molecule has 1 fully saturated rings. The number of nitrogens with two attached hydrogens (primary N) is 1. The predicted molar refractivity (Wildman–Crippen MR) is 144 cm³/mol. The molecule has 5 heteroatoms. The number of aryl methyl sites for hydroxylation is 2. The third-order valence-corrected chi connectivity index (χ3v) is 8.45. The van der Waals surface area contributed by atoms with Crippen LogP contribution >= 0.6 is 0 Å². The molecule has 0 spiro atoms. The molecule has 0 saturated heterocycles. The molecule has 3 aromatic rings. The summed E-state index contributed by atoms with van der Waals surface area (Å²) in [5.74, 6) is 0.544. The number of nitrogens with one attached hydrogen (secondary N) is 1. The SMILES string of the molecule is CCN(CC)C(=O)[C@]1(c2ccccc2)C[C@@H]1CN.Cc1ccc2c(c1)c1c3n2CCNC3CCC1. The molecule has 2 aliphatic carbocycles. The highest BCUT2D eigenvalue weighted by Gasteiger charge is 2.61. The molecule has 6 rings (SSSR count). The van der Waals surface area contributed by atoms with Crippen LogP contribution < -0.4 is 11.1 Å². The van der Waals surface area contributed by atoms with Gasteiger partial charge in [-0.05, 0) is 82.2 Å². The van der Waals surface area contributed by atoms with E-state index in [4.69, 9.17) is 5.73 Å². The molecule has 1 amide bonds. The second-order valence-corrected chi connectivity index (χ2v) is 10.4. The van der Waals surface area contributed by atoms with Crippen LogP contribution in [0, 0.1) is 12.8 Å². The van der Waals surface area contributed by atoms with Crippen molar-refractivity contribution in [3.8, 4) is 0 Å². The highest BCUT2D eigenvalue weighted by atomic mass is 16.2. The summed E-state index contributed by atoms with van der Waals surface area (Å²) < 4.78 is 2.56. The summed E-state index contributed by atoms with van der Waals surface area (Å²) >= 11 is 0. The minimum absolute atomic E-state index is 0.245. The van der Waals surface area contributed by atoms with Crippen LogP contribution in [0.2, 0.25) is 0 Å². The Hall–Kier alpha value is -2.63. The number of amides is 1. The molecular formula is C30H40N4O. The fraction of sp³-hybridized carbons (Fsp3) is 0.500. The fourth-order valence-electron chi connectivity index (χ4n) is 6.51. The molecule has 0 radical (unpaired) electrons. The molecule has 2 heterocycles. The zero-order chi connectivity index (χ0) is 24.6. The van der Waals surface area contributed by atoms with E-state index in [2.05, 4.69) is 47.1 Å². The maximum atomic E-state index is 12.7. The minimum Gasteiger partial charge on any atom is -0.342 e. The summed E-state index contributed by atoms with van der Waals surface area (Å²) in [6.45, 7) is 10.6. The molecule has 186 valence electrons. The Morgan fingerprint density at radius 3 is 2.63 bits per heavy atom. The van der Waals surface area contributed by atoms with Crippen LogP contribution in [0.25, 0.3) is 10.9 Å². The topological polar surface area (TPSA) is 63.3 Å².